The van der Waals surface area contributed by atoms with E-state index in [0.29, 0.717) is 0 Å². The van der Waals surface area contributed by atoms with E-state index in [1.54, 1.807) is 7.11 Å². The van der Waals surface area contributed by atoms with Gasteiger partial charge in [0.2, 0.25) is 0 Å². The molecule has 0 amide bonds. The van der Waals surface area contributed by atoms with Gasteiger partial charge in [-0.05, 0) is 43.6 Å². The zero-order valence-corrected chi connectivity index (χ0v) is 10.3. The van der Waals surface area contributed by atoms with E-state index in [-0.39, 0.29) is 0 Å². The third-order valence-corrected chi connectivity index (χ3v) is 2.96. The van der Waals surface area contributed by atoms with E-state index in [0.717, 1.165) is 18.8 Å². The van der Waals surface area contributed by atoms with E-state index in [1.165, 1.54) is 24.0 Å². The number of nitrogens with one attached hydrogen (secondary N) is 1. The highest BCUT2D eigenvalue weighted by molar-refractivity contribution is 5.53. The van der Waals surface area contributed by atoms with Gasteiger partial charge in [0.05, 0.1) is 7.11 Å². The summed E-state index contributed by atoms with van der Waals surface area (Å²) < 4.78 is 5.19. The smallest absolute Gasteiger partial charge is 0.119 e. The molecule has 2 heteroatoms. The van der Waals surface area contributed by atoms with Crippen LogP contribution in [0.3, 0.4) is 0 Å². The highest BCUT2D eigenvalue weighted by atomic mass is 16.5. The number of rotatable bonds is 3. The molecule has 2 rings (SSSR count). The Bertz CT molecular complexity index is 413. The molecular weight excluding hydrogens is 210 g/mol. The van der Waals surface area contributed by atoms with E-state index in [2.05, 4.69) is 29.6 Å². The van der Waals surface area contributed by atoms with Crippen molar-refractivity contribution >= 4 is 6.08 Å². The zero-order valence-electron chi connectivity index (χ0n) is 10.3. The molecule has 0 bridgehead atoms. The average molecular weight is 229 g/mol. The molecule has 1 aromatic carbocycles. The molecule has 1 heterocycles. The van der Waals surface area contributed by atoms with Crippen molar-refractivity contribution in [2.75, 3.05) is 20.2 Å². The highest BCUT2D eigenvalue weighted by Gasteiger charge is 2.01. The summed E-state index contributed by atoms with van der Waals surface area (Å²) in [5, 5.41) is 3.36. The molecule has 17 heavy (non-hydrogen) atoms. The topological polar surface area (TPSA) is 21.3 Å². The molecule has 0 aliphatic carbocycles. The number of benzene rings is 1. The average Bonchev–Trinajstić information content (AvgIpc) is 2.40. The molecule has 1 saturated heterocycles. The summed E-state index contributed by atoms with van der Waals surface area (Å²) in [7, 11) is 1.69. The standard InChI is InChI=1S/C15H19NO/c1-17-15-7-3-6-14(12-15)5-2-4-13-8-10-16-11-9-13/h2-7,12,16H,8-11H2,1H3/b5-2+. The van der Waals surface area contributed by atoms with Crippen molar-refractivity contribution in [2.24, 2.45) is 0 Å². The third kappa shape index (κ3) is 3.75. The van der Waals surface area contributed by atoms with Gasteiger partial charge in [0, 0.05) is 0 Å². The van der Waals surface area contributed by atoms with Gasteiger partial charge in [0.25, 0.3) is 0 Å². The Hall–Kier alpha value is -1.54. The van der Waals surface area contributed by atoms with E-state index in [4.69, 9.17) is 4.74 Å². The number of hydrogen-bond donors (Lipinski definition) is 1. The molecule has 0 atom stereocenters. The van der Waals surface area contributed by atoms with Crippen molar-refractivity contribution in [2.45, 2.75) is 12.8 Å². The lowest BCUT2D eigenvalue weighted by molar-refractivity contribution is 0.414. The highest BCUT2D eigenvalue weighted by Crippen LogP contribution is 2.14. The molecule has 0 spiro atoms. The molecule has 0 radical (unpaired) electrons. The predicted octanol–water partition coefficient (Wildman–Crippen LogP) is 3.02. The maximum Gasteiger partial charge on any atom is 0.119 e. The minimum absolute atomic E-state index is 0.904. The Kier molecular flexibility index (Phi) is 4.39. The second kappa shape index (κ2) is 6.26. The SMILES string of the molecule is COc1cccc(/C=C/C=C2CCNCC2)c1. The van der Waals surface area contributed by atoms with Crippen molar-refractivity contribution in [1.29, 1.82) is 0 Å². The minimum Gasteiger partial charge on any atom is -0.497 e. The van der Waals surface area contributed by atoms with E-state index < -0.39 is 0 Å². The van der Waals surface area contributed by atoms with Crippen LogP contribution >= 0.6 is 0 Å². The van der Waals surface area contributed by atoms with Crippen molar-refractivity contribution in [1.82, 2.24) is 5.32 Å². The molecule has 1 N–H and O–H groups in total. The van der Waals surface area contributed by atoms with Gasteiger partial charge in [0.15, 0.2) is 0 Å². The molecule has 90 valence electrons. The maximum absolute atomic E-state index is 5.19. The van der Waals surface area contributed by atoms with Crippen molar-refractivity contribution in [3.63, 3.8) is 0 Å². The quantitative estimate of drug-likeness (QED) is 0.860. The van der Waals surface area contributed by atoms with Crippen LogP contribution in [0.2, 0.25) is 0 Å². The first-order chi connectivity index (χ1) is 8.38. The molecule has 0 saturated carbocycles. The fourth-order valence-corrected chi connectivity index (χ4v) is 1.96. The minimum atomic E-state index is 0.904. The summed E-state index contributed by atoms with van der Waals surface area (Å²) in [4.78, 5) is 0. The fraction of sp³-hybridized carbons (Fsp3) is 0.333. The van der Waals surface area contributed by atoms with Crippen LogP contribution in [0.25, 0.3) is 6.08 Å². The van der Waals surface area contributed by atoms with E-state index in [9.17, 15) is 0 Å². The van der Waals surface area contributed by atoms with Crippen molar-refractivity contribution in [3.8, 4) is 5.75 Å². The van der Waals surface area contributed by atoms with Crippen LogP contribution in [0.4, 0.5) is 0 Å². The van der Waals surface area contributed by atoms with E-state index >= 15 is 0 Å². The zero-order chi connectivity index (χ0) is 11.9. The molecule has 2 nitrogen and oxygen atoms in total. The monoisotopic (exact) mass is 229 g/mol. The second-order valence-electron chi connectivity index (χ2n) is 4.21. The third-order valence-electron chi connectivity index (χ3n) is 2.96. The predicted molar refractivity (Wildman–Crippen MR) is 72.2 cm³/mol. The van der Waals surface area contributed by atoms with Crippen LogP contribution in [0.1, 0.15) is 18.4 Å². The molecule has 1 aliphatic heterocycles. The van der Waals surface area contributed by atoms with Crippen LogP contribution in [0.5, 0.6) is 5.75 Å². The van der Waals surface area contributed by atoms with Gasteiger partial charge in [-0.25, -0.2) is 0 Å². The Morgan fingerprint density at radius 3 is 2.82 bits per heavy atom. The van der Waals surface area contributed by atoms with Gasteiger partial charge < -0.3 is 10.1 Å². The Labute approximate surface area is 103 Å². The molecular formula is C15H19NO. The lowest BCUT2D eigenvalue weighted by atomic mass is 10.1. The summed E-state index contributed by atoms with van der Waals surface area (Å²) in [6, 6.07) is 8.09. The Morgan fingerprint density at radius 2 is 2.06 bits per heavy atom. The van der Waals surface area contributed by atoms with Gasteiger partial charge >= 0.3 is 0 Å². The van der Waals surface area contributed by atoms with Crippen molar-refractivity contribution < 1.29 is 4.74 Å². The normalized spacial score (nSPS) is 16.2. The number of ether oxygens (including phenoxy) is 1. The van der Waals surface area contributed by atoms with Crippen LogP contribution < -0.4 is 10.1 Å². The molecule has 1 aliphatic rings. The molecule has 0 unspecified atom stereocenters. The van der Waals surface area contributed by atoms with Gasteiger partial charge in [0.1, 0.15) is 5.75 Å². The summed E-state index contributed by atoms with van der Waals surface area (Å²) in [6.45, 7) is 2.22. The first kappa shape index (κ1) is 11.9. The van der Waals surface area contributed by atoms with Crippen LogP contribution in [-0.4, -0.2) is 20.2 Å². The Morgan fingerprint density at radius 1 is 1.24 bits per heavy atom. The molecule has 1 fully saturated rings. The molecule has 1 aromatic rings. The summed E-state index contributed by atoms with van der Waals surface area (Å²) >= 11 is 0. The van der Waals surface area contributed by atoms with Gasteiger partial charge in [-0.15, -0.1) is 0 Å². The van der Waals surface area contributed by atoms with Gasteiger partial charge in [-0.2, -0.15) is 0 Å². The fourth-order valence-electron chi connectivity index (χ4n) is 1.96. The number of methoxy groups -OCH3 is 1. The second-order valence-corrected chi connectivity index (χ2v) is 4.21. The van der Waals surface area contributed by atoms with E-state index in [1.807, 2.05) is 18.2 Å². The number of piperidine rings is 1. The lowest BCUT2D eigenvalue weighted by Gasteiger charge is -2.14. The molecule has 0 aromatic heterocycles. The largest absolute Gasteiger partial charge is 0.497 e. The maximum atomic E-state index is 5.19. The van der Waals surface area contributed by atoms with Gasteiger partial charge in [-0.3, -0.25) is 0 Å². The van der Waals surface area contributed by atoms with Crippen LogP contribution in [0.15, 0.2) is 42.0 Å². The van der Waals surface area contributed by atoms with Gasteiger partial charge in [-0.1, -0.05) is 35.9 Å². The first-order valence-corrected chi connectivity index (χ1v) is 6.09. The van der Waals surface area contributed by atoms with Crippen LogP contribution in [0, 0.1) is 0 Å². The number of hydrogen-bond acceptors (Lipinski definition) is 2. The van der Waals surface area contributed by atoms with Crippen molar-refractivity contribution in [3.05, 3.63) is 47.6 Å². The summed E-state index contributed by atoms with van der Waals surface area (Å²) in [5.41, 5.74) is 2.71. The number of allylic oxidation sites excluding steroid dienone is 2. The summed E-state index contributed by atoms with van der Waals surface area (Å²) in [6.07, 6.45) is 8.83. The first-order valence-electron chi connectivity index (χ1n) is 6.09. The Balaban J connectivity index is 1.99. The lowest BCUT2D eigenvalue weighted by Crippen LogP contribution is -2.22. The summed E-state index contributed by atoms with van der Waals surface area (Å²) in [5.74, 6) is 0.904. The van der Waals surface area contributed by atoms with Crippen LogP contribution in [-0.2, 0) is 0 Å².